The number of nitrogens with zero attached hydrogens (tertiary/aromatic N) is 1. The van der Waals surface area contributed by atoms with Crippen LogP contribution >= 0.6 is 0 Å². The molecule has 0 radical (unpaired) electrons. The standard InChI is InChI=1S/C13H11N3O2/c14-16-11(12(17)15-13(16)18)10-7-3-5-8-4-1-2-6-9(8)10/h1-7,11H,14H2,(H,15,17,18). The van der Waals surface area contributed by atoms with Crippen molar-refractivity contribution in [1.82, 2.24) is 10.3 Å². The highest BCUT2D eigenvalue weighted by Crippen LogP contribution is 2.29. The Morgan fingerprint density at radius 3 is 2.50 bits per heavy atom. The van der Waals surface area contributed by atoms with Crippen LogP contribution in [0.2, 0.25) is 0 Å². The van der Waals surface area contributed by atoms with E-state index in [1.807, 2.05) is 42.5 Å². The van der Waals surface area contributed by atoms with Gasteiger partial charge in [-0.3, -0.25) is 10.1 Å². The Morgan fingerprint density at radius 2 is 1.78 bits per heavy atom. The molecule has 5 heteroatoms. The third-order valence-corrected chi connectivity index (χ3v) is 3.11. The van der Waals surface area contributed by atoms with E-state index in [9.17, 15) is 9.59 Å². The number of benzene rings is 2. The van der Waals surface area contributed by atoms with Crippen LogP contribution in [-0.2, 0) is 4.79 Å². The molecule has 1 heterocycles. The van der Waals surface area contributed by atoms with Gasteiger partial charge in [0.25, 0.3) is 5.91 Å². The molecule has 90 valence electrons. The molecule has 3 N–H and O–H groups in total. The van der Waals surface area contributed by atoms with E-state index in [1.54, 1.807) is 0 Å². The summed E-state index contributed by atoms with van der Waals surface area (Å²) in [4.78, 5) is 23.2. The van der Waals surface area contributed by atoms with E-state index in [0.717, 1.165) is 21.3 Å². The van der Waals surface area contributed by atoms with Crippen LogP contribution in [0.5, 0.6) is 0 Å². The molecule has 1 unspecified atom stereocenters. The minimum atomic E-state index is -0.761. The summed E-state index contributed by atoms with van der Waals surface area (Å²) in [5.41, 5.74) is 0.735. The summed E-state index contributed by atoms with van der Waals surface area (Å²) in [6, 6.07) is 12.0. The van der Waals surface area contributed by atoms with Gasteiger partial charge in [0, 0.05) is 0 Å². The first kappa shape index (κ1) is 10.7. The molecule has 3 rings (SSSR count). The molecule has 3 amide bonds. The minimum Gasteiger partial charge on any atom is -0.275 e. The summed E-state index contributed by atoms with van der Waals surface area (Å²) < 4.78 is 0. The number of nitrogens with two attached hydrogens (primary N) is 1. The van der Waals surface area contributed by atoms with Crippen molar-refractivity contribution in [3.8, 4) is 0 Å². The predicted octanol–water partition coefficient (Wildman–Crippen LogP) is 1.31. The number of fused-ring (bicyclic) bond motifs is 1. The first-order valence-corrected chi connectivity index (χ1v) is 5.55. The van der Waals surface area contributed by atoms with E-state index in [0.29, 0.717) is 0 Å². The highest BCUT2D eigenvalue weighted by Gasteiger charge is 2.38. The molecule has 1 aliphatic rings. The molecule has 1 atom stereocenters. The third-order valence-electron chi connectivity index (χ3n) is 3.11. The van der Waals surface area contributed by atoms with Gasteiger partial charge in [0.1, 0.15) is 0 Å². The van der Waals surface area contributed by atoms with E-state index in [1.165, 1.54) is 0 Å². The molecule has 5 nitrogen and oxygen atoms in total. The normalized spacial score (nSPS) is 19.4. The lowest BCUT2D eigenvalue weighted by molar-refractivity contribution is -0.121. The van der Waals surface area contributed by atoms with Crippen molar-refractivity contribution in [2.24, 2.45) is 5.84 Å². The van der Waals surface area contributed by atoms with Crippen LogP contribution in [0, 0.1) is 0 Å². The van der Waals surface area contributed by atoms with Gasteiger partial charge in [-0.1, -0.05) is 42.5 Å². The van der Waals surface area contributed by atoms with E-state index in [4.69, 9.17) is 5.84 Å². The smallest absolute Gasteiger partial charge is 0.275 e. The van der Waals surface area contributed by atoms with E-state index < -0.39 is 12.1 Å². The van der Waals surface area contributed by atoms with Gasteiger partial charge in [-0.15, -0.1) is 0 Å². The van der Waals surface area contributed by atoms with Gasteiger partial charge in [0.15, 0.2) is 6.04 Å². The van der Waals surface area contributed by atoms with Gasteiger partial charge in [0.05, 0.1) is 0 Å². The second-order valence-corrected chi connectivity index (χ2v) is 4.17. The zero-order valence-corrected chi connectivity index (χ0v) is 9.46. The Balaban J connectivity index is 2.20. The van der Waals surface area contributed by atoms with Crippen LogP contribution in [0.25, 0.3) is 10.8 Å². The van der Waals surface area contributed by atoms with Crippen molar-refractivity contribution in [2.75, 3.05) is 0 Å². The van der Waals surface area contributed by atoms with Gasteiger partial charge in [0.2, 0.25) is 0 Å². The second kappa shape index (κ2) is 3.82. The molecule has 0 bridgehead atoms. The number of imide groups is 1. The molecule has 1 fully saturated rings. The number of urea groups is 1. The maximum atomic E-state index is 11.8. The number of hydrazine groups is 1. The molecule has 1 aliphatic heterocycles. The molecule has 2 aromatic carbocycles. The average Bonchev–Trinajstić information content (AvgIpc) is 2.63. The summed E-state index contributed by atoms with van der Waals surface area (Å²) in [7, 11) is 0. The van der Waals surface area contributed by atoms with E-state index in [2.05, 4.69) is 5.32 Å². The van der Waals surface area contributed by atoms with Gasteiger partial charge < -0.3 is 0 Å². The van der Waals surface area contributed by atoms with Crippen LogP contribution in [0.1, 0.15) is 11.6 Å². The molecular formula is C13H11N3O2. The zero-order valence-electron chi connectivity index (χ0n) is 9.46. The minimum absolute atomic E-state index is 0.390. The van der Waals surface area contributed by atoms with Crippen molar-refractivity contribution >= 4 is 22.7 Å². The number of hydrogen-bond donors (Lipinski definition) is 2. The van der Waals surface area contributed by atoms with E-state index >= 15 is 0 Å². The van der Waals surface area contributed by atoms with E-state index in [-0.39, 0.29) is 5.91 Å². The van der Waals surface area contributed by atoms with Crippen LogP contribution in [0.3, 0.4) is 0 Å². The molecular weight excluding hydrogens is 230 g/mol. The van der Waals surface area contributed by atoms with Gasteiger partial charge in [-0.25, -0.2) is 15.6 Å². The van der Waals surface area contributed by atoms with Crippen molar-refractivity contribution in [3.05, 3.63) is 48.0 Å². The molecule has 1 saturated heterocycles. The lowest BCUT2D eigenvalue weighted by Gasteiger charge is -2.17. The Labute approximate surface area is 103 Å². The van der Waals surface area contributed by atoms with Crippen molar-refractivity contribution in [1.29, 1.82) is 0 Å². The predicted molar refractivity (Wildman–Crippen MR) is 66.3 cm³/mol. The Kier molecular flexibility index (Phi) is 2.28. The fourth-order valence-corrected chi connectivity index (χ4v) is 2.26. The molecule has 2 aromatic rings. The van der Waals surface area contributed by atoms with Crippen LogP contribution in [0.4, 0.5) is 4.79 Å². The topological polar surface area (TPSA) is 75.4 Å². The third kappa shape index (κ3) is 1.45. The largest absolute Gasteiger partial charge is 0.339 e. The van der Waals surface area contributed by atoms with Gasteiger partial charge >= 0.3 is 6.03 Å². The summed E-state index contributed by atoms with van der Waals surface area (Å²) >= 11 is 0. The number of nitrogens with one attached hydrogen (secondary N) is 1. The quantitative estimate of drug-likeness (QED) is 0.449. The van der Waals surface area contributed by atoms with Crippen molar-refractivity contribution in [2.45, 2.75) is 6.04 Å². The first-order chi connectivity index (χ1) is 8.68. The van der Waals surface area contributed by atoms with Crippen LogP contribution in [-0.4, -0.2) is 16.9 Å². The fourth-order valence-electron chi connectivity index (χ4n) is 2.26. The highest BCUT2D eigenvalue weighted by atomic mass is 16.2. The average molecular weight is 241 g/mol. The second-order valence-electron chi connectivity index (χ2n) is 4.17. The maximum absolute atomic E-state index is 11.8. The summed E-state index contributed by atoms with van der Waals surface area (Å²) in [5.74, 6) is 5.25. The molecule has 0 aromatic heterocycles. The van der Waals surface area contributed by atoms with Crippen molar-refractivity contribution in [3.63, 3.8) is 0 Å². The van der Waals surface area contributed by atoms with Crippen molar-refractivity contribution < 1.29 is 9.59 Å². The number of hydrogen-bond acceptors (Lipinski definition) is 3. The Morgan fingerprint density at radius 1 is 1.06 bits per heavy atom. The summed E-state index contributed by atoms with van der Waals surface area (Å²) in [6.07, 6.45) is 0. The highest BCUT2D eigenvalue weighted by molar-refractivity contribution is 6.06. The molecule has 18 heavy (non-hydrogen) atoms. The SMILES string of the molecule is NN1C(=O)NC(=O)C1c1cccc2ccccc12. The lowest BCUT2D eigenvalue weighted by Crippen LogP contribution is -2.36. The number of amides is 3. The van der Waals surface area contributed by atoms with Gasteiger partial charge in [-0.05, 0) is 16.3 Å². The Hall–Kier alpha value is -2.40. The Bertz CT molecular complexity index is 648. The number of rotatable bonds is 1. The van der Waals surface area contributed by atoms with Crippen LogP contribution < -0.4 is 11.2 Å². The molecule has 0 spiro atoms. The monoisotopic (exact) mass is 241 g/mol. The summed E-state index contributed by atoms with van der Waals surface area (Å²) in [6.45, 7) is 0. The summed E-state index contributed by atoms with van der Waals surface area (Å²) in [5, 5.41) is 5.07. The first-order valence-electron chi connectivity index (χ1n) is 5.55. The molecule has 0 aliphatic carbocycles. The number of carbonyl (C=O) groups is 2. The zero-order chi connectivity index (χ0) is 12.7. The fraction of sp³-hybridized carbons (Fsp3) is 0.0769. The van der Waals surface area contributed by atoms with Gasteiger partial charge in [-0.2, -0.15) is 0 Å². The number of carbonyl (C=O) groups excluding carboxylic acids is 2. The maximum Gasteiger partial charge on any atom is 0.339 e. The van der Waals surface area contributed by atoms with Crippen LogP contribution in [0.15, 0.2) is 42.5 Å². The molecule has 0 saturated carbocycles. The lowest BCUT2D eigenvalue weighted by atomic mass is 9.98.